The Labute approximate surface area is 105 Å². The van der Waals surface area contributed by atoms with Gasteiger partial charge in [-0.2, -0.15) is 0 Å². The second kappa shape index (κ2) is 7.42. The molecule has 1 atom stereocenters. The predicted octanol–water partition coefficient (Wildman–Crippen LogP) is 4.22. The highest BCUT2D eigenvalue weighted by Crippen LogP contribution is 2.24. The topological polar surface area (TPSA) is 12.0 Å². The molecule has 0 aliphatic heterocycles. The van der Waals surface area contributed by atoms with Crippen molar-refractivity contribution < 1.29 is 0 Å². The Morgan fingerprint density at radius 1 is 1.47 bits per heavy atom. The van der Waals surface area contributed by atoms with Crippen LogP contribution in [0.3, 0.4) is 0 Å². The first-order valence-corrected chi connectivity index (χ1v) is 7.40. The van der Waals surface area contributed by atoms with Gasteiger partial charge in [0, 0.05) is 15.4 Å². The molecule has 0 saturated carbocycles. The molecule has 1 unspecified atom stereocenters. The van der Waals surface area contributed by atoms with Crippen molar-refractivity contribution in [1.82, 2.24) is 5.32 Å². The highest BCUT2D eigenvalue weighted by Gasteiger charge is 2.10. The summed E-state index contributed by atoms with van der Waals surface area (Å²) >= 11 is 5.45. The van der Waals surface area contributed by atoms with Crippen molar-refractivity contribution in [3.05, 3.63) is 20.8 Å². The van der Waals surface area contributed by atoms with E-state index in [9.17, 15) is 0 Å². The minimum absolute atomic E-state index is 0.643. The van der Waals surface area contributed by atoms with Crippen molar-refractivity contribution in [3.8, 4) is 0 Å². The quantitative estimate of drug-likeness (QED) is 0.792. The average molecular weight is 290 g/mol. The summed E-state index contributed by atoms with van der Waals surface area (Å²) < 4.78 is 1.27. The summed E-state index contributed by atoms with van der Waals surface area (Å²) in [5.74, 6) is 0. The fraction of sp³-hybridized carbons (Fsp3) is 0.667. The fourth-order valence-corrected chi connectivity index (χ4v) is 3.31. The third-order valence-electron chi connectivity index (χ3n) is 2.52. The first kappa shape index (κ1) is 13.2. The van der Waals surface area contributed by atoms with Crippen molar-refractivity contribution in [1.29, 1.82) is 0 Å². The maximum absolute atomic E-state index is 3.60. The molecule has 1 aromatic heterocycles. The number of hydrogen-bond acceptors (Lipinski definition) is 2. The summed E-state index contributed by atoms with van der Waals surface area (Å²) in [5.41, 5.74) is 0. The second-order valence-corrected chi connectivity index (χ2v) is 5.65. The van der Waals surface area contributed by atoms with Gasteiger partial charge >= 0.3 is 0 Å². The summed E-state index contributed by atoms with van der Waals surface area (Å²) in [4.78, 5) is 1.47. The van der Waals surface area contributed by atoms with Crippen LogP contribution >= 0.6 is 27.3 Å². The van der Waals surface area contributed by atoms with Gasteiger partial charge in [0.15, 0.2) is 0 Å². The lowest BCUT2D eigenvalue weighted by Crippen LogP contribution is -2.30. The first-order chi connectivity index (χ1) is 7.27. The number of unbranched alkanes of at least 4 members (excludes halogenated alkanes) is 1. The third kappa shape index (κ3) is 4.66. The monoisotopic (exact) mass is 289 g/mol. The van der Waals surface area contributed by atoms with E-state index in [1.807, 2.05) is 11.3 Å². The summed E-state index contributed by atoms with van der Waals surface area (Å²) in [6, 6.07) is 2.79. The zero-order valence-corrected chi connectivity index (χ0v) is 12.0. The maximum atomic E-state index is 3.60. The van der Waals surface area contributed by atoms with Crippen LogP contribution in [0, 0.1) is 0 Å². The highest BCUT2D eigenvalue weighted by molar-refractivity contribution is 9.10. The van der Waals surface area contributed by atoms with Gasteiger partial charge < -0.3 is 5.32 Å². The van der Waals surface area contributed by atoms with E-state index in [4.69, 9.17) is 0 Å². The Hall–Kier alpha value is 0.140. The largest absolute Gasteiger partial charge is 0.314 e. The van der Waals surface area contributed by atoms with E-state index in [0.717, 1.165) is 13.0 Å². The molecule has 0 bridgehead atoms. The van der Waals surface area contributed by atoms with E-state index in [2.05, 4.69) is 46.5 Å². The van der Waals surface area contributed by atoms with Crippen LogP contribution in [-0.4, -0.2) is 12.6 Å². The minimum Gasteiger partial charge on any atom is -0.314 e. The molecule has 1 N–H and O–H groups in total. The molecule has 0 aromatic carbocycles. The lowest BCUT2D eigenvalue weighted by atomic mass is 10.1. The van der Waals surface area contributed by atoms with Crippen LogP contribution in [0.15, 0.2) is 15.9 Å². The molecule has 1 heterocycles. The smallest absolute Gasteiger partial charge is 0.0314 e. The van der Waals surface area contributed by atoms with Crippen LogP contribution in [0.1, 0.15) is 38.0 Å². The number of nitrogens with one attached hydrogen (secondary N) is 1. The van der Waals surface area contributed by atoms with Crippen LogP contribution in [0.4, 0.5) is 0 Å². The van der Waals surface area contributed by atoms with Crippen LogP contribution in [0.25, 0.3) is 0 Å². The summed E-state index contributed by atoms with van der Waals surface area (Å²) in [6.07, 6.45) is 5.05. The number of likely N-dealkylation sites (N-methyl/N-ethyl adjacent to an activating group) is 1. The van der Waals surface area contributed by atoms with Crippen molar-refractivity contribution in [2.24, 2.45) is 0 Å². The van der Waals surface area contributed by atoms with Crippen molar-refractivity contribution >= 4 is 27.3 Å². The molecule has 1 rings (SSSR count). The van der Waals surface area contributed by atoms with Gasteiger partial charge in [0.1, 0.15) is 0 Å². The van der Waals surface area contributed by atoms with Gasteiger partial charge in [0.05, 0.1) is 0 Å². The molecular weight excluding hydrogens is 270 g/mol. The lowest BCUT2D eigenvalue weighted by molar-refractivity contribution is 0.475. The van der Waals surface area contributed by atoms with Gasteiger partial charge in [-0.25, -0.2) is 0 Å². The molecule has 0 aliphatic rings. The molecule has 0 aliphatic carbocycles. The summed E-state index contributed by atoms with van der Waals surface area (Å²) in [6.45, 7) is 5.50. The van der Waals surface area contributed by atoms with Crippen molar-refractivity contribution in [2.45, 2.75) is 45.6 Å². The molecule has 0 spiro atoms. The standard InChI is InChI=1S/C12H20BrNS/c1-3-5-6-10(14-4-2)9-12-11(13)7-8-15-12/h7-8,10,14H,3-6,9H2,1-2H3. The van der Waals surface area contributed by atoms with E-state index >= 15 is 0 Å². The van der Waals surface area contributed by atoms with Crippen LogP contribution in [0.5, 0.6) is 0 Å². The van der Waals surface area contributed by atoms with Gasteiger partial charge in [-0.1, -0.05) is 26.7 Å². The molecule has 0 amide bonds. The fourth-order valence-electron chi connectivity index (χ4n) is 1.71. The van der Waals surface area contributed by atoms with Gasteiger partial charge in [-0.15, -0.1) is 11.3 Å². The number of thiophene rings is 1. The zero-order valence-electron chi connectivity index (χ0n) is 9.55. The molecule has 1 nitrogen and oxygen atoms in total. The van der Waals surface area contributed by atoms with Gasteiger partial charge in [0.2, 0.25) is 0 Å². The van der Waals surface area contributed by atoms with E-state index < -0.39 is 0 Å². The third-order valence-corrected chi connectivity index (χ3v) is 4.47. The highest BCUT2D eigenvalue weighted by atomic mass is 79.9. The van der Waals surface area contributed by atoms with Gasteiger partial charge in [-0.05, 0) is 46.8 Å². The zero-order chi connectivity index (χ0) is 11.1. The summed E-state index contributed by atoms with van der Waals surface area (Å²) in [7, 11) is 0. The minimum atomic E-state index is 0.643. The Kier molecular flexibility index (Phi) is 6.53. The number of hydrogen-bond donors (Lipinski definition) is 1. The Bertz CT molecular complexity index is 272. The SMILES string of the molecule is CCCCC(Cc1sccc1Br)NCC. The second-order valence-electron chi connectivity index (χ2n) is 3.79. The molecular formula is C12H20BrNS. The number of rotatable bonds is 7. The molecule has 0 radical (unpaired) electrons. The van der Waals surface area contributed by atoms with Crippen LogP contribution in [0.2, 0.25) is 0 Å². The van der Waals surface area contributed by atoms with E-state index in [1.54, 1.807) is 0 Å². The van der Waals surface area contributed by atoms with Crippen molar-refractivity contribution in [3.63, 3.8) is 0 Å². The first-order valence-electron chi connectivity index (χ1n) is 5.73. The van der Waals surface area contributed by atoms with Crippen molar-refractivity contribution in [2.75, 3.05) is 6.54 Å². The molecule has 1 aromatic rings. The average Bonchev–Trinajstić information content (AvgIpc) is 2.61. The van der Waals surface area contributed by atoms with Crippen LogP contribution in [-0.2, 0) is 6.42 Å². The lowest BCUT2D eigenvalue weighted by Gasteiger charge is -2.16. The molecule has 86 valence electrons. The Morgan fingerprint density at radius 3 is 2.80 bits per heavy atom. The van der Waals surface area contributed by atoms with E-state index in [0.29, 0.717) is 6.04 Å². The normalized spacial score (nSPS) is 13.0. The molecule has 0 saturated heterocycles. The van der Waals surface area contributed by atoms with E-state index in [1.165, 1.54) is 28.6 Å². The van der Waals surface area contributed by atoms with Gasteiger partial charge in [-0.3, -0.25) is 0 Å². The Morgan fingerprint density at radius 2 is 2.27 bits per heavy atom. The predicted molar refractivity (Wildman–Crippen MR) is 72.7 cm³/mol. The Balaban J connectivity index is 2.46. The van der Waals surface area contributed by atoms with E-state index in [-0.39, 0.29) is 0 Å². The molecule has 3 heteroatoms. The molecule has 15 heavy (non-hydrogen) atoms. The summed E-state index contributed by atoms with van der Waals surface area (Å²) in [5, 5.41) is 5.72. The molecule has 0 fully saturated rings. The maximum Gasteiger partial charge on any atom is 0.0314 e. The van der Waals surface area contributed by atoms with Crippen LogP contribution < -0.4 is 5.32 Å². The number of halogens is 1. The van der Waals surface area contributed by atoms with Gasteiger partial charge in [0.25, 0.3) is 0 Å².